The highest BCUT2D eigenvalue weighted by atomic mass is 32.2. The molecule has 0 N–H and O–H groups in total. The average Bonchev–Trinajstić information content (AvgIpc) is 2.37. The van der Waals surface area contributed by atoms with Crippen molar-refractivity contribution in [2.75, 3.05) is 19.1 Å². The van der Waals surface area contributed by atoms with Crippen LogP contribution in [-0.2, 0) is 0 Å². The molecule has 1 unspecified atom stereocenters. The molecule has 0 radical (unpaired) electrons. The van der Waals surface area contributed by atoms with Gasteiger partial charge in [-0.15, -0.1) is 5.01 Å². The summed E-state index contributed by atoms with van der Waals surface area (Å²) in [7, 11) is 3.02. The highest BCUT2D eigenvalue weighted by Crippen LogP contribution is 2.37. The Labute approximate surface area is 92.3 Å². The number of carbonyl (C=O) groups excluding carboxylic acids is 1. The zero-order chi connectivity index (χ0) is 11.1. The van der Waals surface area contributed by atoms with Gasteiger partial charge >= 0.3 is 6.03 Å². The van der Waals surface area contributed by atoms with Crippen molar-refractivity contribution in [1.82, 2.24) is 4.31 Å². The van der Waals surface area contributed by atoms with Crippen LogP contribution >= 0.6 is 12.1 Å². The minimum atomic E-state index is -0.792. The minimum Gasteiger partial charge on any atom is -0.593 e. The first-order chi connectivity index (χ1) is 7.02. The van der Waals surface area contributed by atoms with E-state index in [9.17, 15) is 10.0 Å². The minimum absolute atomic E-state index is 0.302. The van der Waals surface area contributed by atoms with E-state index in [2.05, 4.69) is 0 Å². The van der Waals surface area contributed by atoms with Crippen LogP contribution in [-0.4, -0.2) is 28.6 Å². The van der Waals surface area contributed by atoms with E-state index >= 15 is 0 Å². The van der Waals surface area contributed by atoms with Crippen LogP contribution in [0.1, 0.15) is 0 Å². The van der Waals surface area contributed by atoms with Gasteiger partial charge in [0.25, 0.3) is 0 Å². The molecular weight excluding hydrogens is 214 g/mol. The zero-order valence-electron chi connectivity index (χ0n) is 8.45. The van der Waals surface area contributed by atoms with Crippen LogP contribution in [0, 0.1) is 5.21 Å². The molecule has 1 aromatic rings. The van der Waals surface area contributed by atoms with Gasteiger partial charge in [-0.25, -0.2) is 9.10 Å². The van der Waals surface area contributed by atoms with E-state index in [1.54, 1.807) is 31.3 Å². The predicted octanol–water partition coefficient (Wildman–Crippen LogP) is 1.98. The summed E-state index contributed by atoms with van der Waals surface area (Å²) in [6.07, 6.45) is 0. The zero-order valence-corrected chi connectivity index (χ0v) is 9.27. The maximum Gasteiger partial charge on any atom is 0.384 e. The van der Waals surface area contributed by atoms with Crippen LogP contribution in [0.4, 0.5) is 10.5 Å². The lowest BCUT2D eigenvalue weighted by atomic mass is 10.3. The van der Waals surface area contributed by atoms with Crippen LogP contribution in [0.5, 0.6) is 0 Å². The van der Waals surface area contributed by atoms with Crippen LogP contribution < -0.4 is 5.01 Å². The lowest BCUT2D eigenvalue weighted by molar-refractivity contribution is -0.715. The van der Waals surface area contributed by atoms with E-state index in [4.69, 9.17) is 0 Å². The molecule has 1 atom stereocenters. The van der Waals surface area contributed by atoms with Crippen LogP contribution in [0.25, 0.3) is 0 Å². The van der Waals surface area contributed by atoms with Crippen molar-refractivity contribution in [3.8, 4) is 0 Å². The number of urea groups is 1. The quantitative estimate of drug-likeness (QED) is 0.417. The van der Waals surface area contributed by atoms with E-state index in [0.29, 0.717) is 5.69 Å². The molecule has 2 rings (SSSR count). The van der Waals surface area contributed by atoms with Gasteiger partial charge in [-0.1, -0.05) is 18.2 Å². The van der Waals surface area contributed by atoms with Gasteiger partial charge < -0.3 is 5.21 Å². The fourth-order valence-electron chi connectivity index (χ4n) is 1.48. The van der Waals surface area contributed by atoms with Crippen molar-refractivity contribution in [2.45, 2.75) is 0 Å². The molecule has 6 heteroatoms. The highest BCUT2D eigenvalue weighted by molar-refractivity contribution is 7.92. The molecule has 1 fully saturated rings. The number of nitrogens with zero attached hydrogens (tertiary/aromatic N) is 3. The van der Waals surface area contributed by atoms with E-state index in [0.717, 1.165) is 12.1 Å². The smallest absolute Gasteiger partial charge is 0.384 e. The first kappa shape index (κ1) is 10.3. The van der Waals surface area contributed by atoms with Crippen LogP contribution in [0.15, 0.2) is 30.3 Å². The second kappa shape index (κ2) is 3.41. The van der Waals surface area contributed by atoms with Gasteiger partial charge in [-0.3, -0.25) is 0 Å². The van der Waals surface area contributed by atoms with E-state index in [1.807, 2.05) is 6.07 Å². The molecule has 1 aliphatic heterocycles. The molecule has 1 saturated heterocycles. The normalized spacial score (nSPS) is 26.2. The third-order valence-corrected chi connectivity index (χ3v) is 2.96. The molecule has 0 spiro atoms. The Hall–Kier alpha value is -1.24. The number of quaternary nitrogens is 1. The largest absolute Gasteiger partial charge is 0.593 e. The van der Waals surface area contributed by atoms with Crippen molar-refractivity contribution in [3.63, 3.8) is 0 Å². The standard InChI is InChI=1S/C9H11N3O2S/c1-10-9(13)11(12(2,14)15-10)8-6-4-3-5-7-8/h3-7H,1-2H3. The second-order valence-electron chi connectivity index (χ2n) is 3.31. The fraction of sp³-hybridized carbons (Fsp3) is 0.222. The molecule has 5 nitrogen and oxygen atoms in total. The number of hydrogen-bond acceptors (Lipinski definition) is 3. The summed E-state index contributed by atoms with van der Waals surface area (Å²) < 4.78 is 0.541. The van der Waals surface area contributed by atoms with Crippen molar-refractivity contribution in [1.29, 1.82) is 0 Å². The lowest BCUT2D eigenvalue weighted by Gasteiger charge is -2.34. The molecule has 0 bridgehead atoms. The lowest BCUT2D eigenvalue weighted by Crippen LogP contribution is -2.46. The van der Waals surface area contributed by atoms with E-state index in [-0.39, 0.29) is 6.03 Å². The number of amides is 2. The molecule has 1 heterocycles. The molecule has 80 valence electrons. The number of hydroxylamine groups is 1. The Morgan fingerprint density at radius 2 is 1.93 bits per heavy atom. The highest BCUT2D eigenvalue weighted by Gasteiger charge is 2.43. The Morgan fingerprint density at radius 1 is 1.33 bits per heavy atom. The number of para-hydroxylation sites is 1. The summed E-state index contributed by atoms with van der Waals surface area (Å²) in [4.78, 5) is 11.7. The van der Waals surface area contributed by atoms with Crippen molar-refractivity contribution in [3.05, 3.63) is 35.5 Å². The fourth-order valence-corrected chi connectivity index (χ4v) is 2.32. The van der Waals surface area contributed by atoms with Crippen LogP contribution in [0.2, 0.25) is 0 Å². The van der Waals surface area contributed by atoms with Gasteiger partial charge in [0.1, 0.15) is 12.7 Å². The van der Waals surface area contributed by atoms with Gasteiger partial charge in [-0.05, 0) is 12.1 Å². The van der Waals surface area contributed by atoms with Crippen LogP contribution in [0.3, 0.4) is 0 Å². The number of rotatable bonds is 1. The van der Waals surface area contributed by atoms with Gasteiger partial charge in [0.05, 0.1) is 0 Å². The SMILES string of the molecule is CN1S[N+](C)([O-])N(c2ccccc2)C1=O. The summed E-state index contributed by atoms with van der Waals surface area (Å²) in [6.45, 7) is 0. The summed E-state index contributed by atoms with van der Waals surface area (Å²) in [5, 5.41) is 13.2. The van der Waals surface area contributed by atoms with E-state index < -0.39 is 4.16 Å². The summed E-state index contributed by atoms with van der Waals surface area (Å²) in [6, 6.07) is 8.62. The number of carbonyl (C=O) groups is 1. The van der Waals surface area contributed by atoms with Crippen molar-refractivity contribution in [2.24, 2.45) is 0 Å². The summed E-state index contributed by atoms with van der Waals surface area (Å²) in [5.41, 5.74) is 0.608. The molecule has 2 amide bonds. The molecule has 0 aromatic heterocycles. The molecule has 1 aromatic carbocycles. The summed E-state index contributed by atoms with van der Waals surface area (Å²) >= 11 is 0.925. The maximum absolute atomic E-state index is 12.0. The first-order valence-electron chi connectivity index (χ1n) is 4.43. The number of benzene rings is 1. The average molecular weight is 225 g/mol. The number of anilines is 1. The Bertz CT molecular complexity index is 382. The monoisotopic (exact) mass is 225 g/mol. The van der Waals surface area contributed by atoms with Gasteiger partial charge in [0.15, 0.2) is 0 Å². The summed E-state index contributed by atoms with van der Waals surface area (Å²) in [5.74, 6) is 0. The third kappa shape index (κ3) is 1.67. The predicted molar refractivity (Wildman–Crippen MR) is 59.2 cm³/mol. The Balaban J connectivity index is 2.40. The van der Waals surface area contributed by atoms with Gasteiger partial charge in [0, 0.05) is 7.05 Å². The third-order valence-electron chi connectivity index (χ3n) is 2.09. The maximum atomic E-state index is 12.0. The number of hydrogen-bond donors (Lipinski definition) is 0. The topological polar surface area (TPSA) is 46.6 Å². The Kier molecular flexibility index (Phi) is 2.34. The molecule has 0 saturated carbocycles. The van der Waals surface area contributed by atoms with Crippen molar-refractivity contribution >= 4 is 23.9 Å². The molecule has 1 aliphatic rings. The van der Waals surface area contributed by atoms with Gasteiger partial charge in [0.2, 0.25) is 12.1 Å². The molecular formula is C9H11N3O2S. The van der Waals surface area contributed by atoms with Gasteiger partial charge in [-0.2, -0.15) is 4.16 Å². The second-order valence-corrected chi connectivity index (χ2v) is 4.70. The van der Waals surface area contributed by atoms with Crippen molar-refractivity contribution < 1.29 is 8.96 Å². The van der Waals surface area contributed by atoms with E-state index in [1.165, 1.54) is 16.4 Å². The Morgan fingerprint density at radius 3 is 2.40 bits per heavy atom. The molecule has 15 heavy (non-hydrogen) atoms. The first-order valence-corrected chi connectivity index (χ1v) is 5.16. The molecule has 0 aliphatic carbocycles.